The van der Waals surface area contributed by atoms with Crippen LogP contribution < -0.4 is 5.69 Å². The maximum absolute atomic E-state index is 12.1. The minimum Gasteiger partial charge on any atom is -0.396 e. The fraction of sp³-hybridized carbons (Fsp3) is 0.643. The topological polar surface area (TPSA) is 72.2 Å². The SMILES string of the molecule is CC(=O)CSc1nc(=O)n(CCCO)c2c1CCCC2. The van der Waals surface area contributed by atoms with Gasteiger partial charge in [-0.3, -0.25) is 9.36 Å². The van der Waals surface area contributed by atoms with Crippen LogP contribution in [0.4, 0.5) is 0 Å². The summed E-state index contributed by atoms with van der Waals surface area (Å²) in [6.07, 6.45) is 4.54. The minimum atomic E-state index is -0.259. The summed E-state index contributed by atoms with van der Waals surface area (Å²) in [5.74, 6) is 0.449. The number of aliphatic hydroxyl groups is 1. The van der Waals surface area contributed by atoms with Crippen LogP contribution in [-0.2, 0) is 24.2 Å². The van der Waals surface area contributed by atoms with E-state index in [1.54, 1.807) is 11.5 Å². The Morgan fingerprint density at radius 3 is 2.85 bits per heavy atom. The third-order valence-corrected chi connectivity index (χ3v) is 4.56. The van der Waals surface area contributed by atoms with Gasteiger partial charge in [0.25, 0.3) is 0 Å². The molecule has 1 aliphatic rings. The molecule has 1 N–H and O–H groups in total. The number of carbonyl (C=O) groups is 1. The number of aromatic nitrogens is 2. The van der Waals surface area contributed by atoms with Gasteiger partial charge in [-0.2, -0.15) is 4.98 Å². The summed E-state index contributed by atoms with van der Waals surface area (Å²) in [5, 5.41) is 9.67. The smallest absolute Gasteiger partial charge is 0.348 e. The number of hydrogen-bond acceptors (Lipinski definition) is 5. The number of nitrogens with zero attached hydrogens (tertiary/aromatic N) is 2. The summed E-state index contributed by atoms with van der Waals surface area (Å²) >= 11 is 1.37. The molecule has 0 aromatic carbocycles. The molecule has 1 aliphatic carbocycles. The highest BCUT2D eigenvalue weighted by molar-refractivity contribution is 7.99. The van der Waals surface area contributed by atoms with Gasteiger partial charge in [-0.15, -0.1) is 0 Å². The molecular weight excluding hydrogens is 276 g/mol. The van der Waals surface area contributed by atoms with E-state index in [1.165, 1.54) is 11.8 Å². The summed E-state index contributed by atoms with van der Waals surface area (Å²) in [4.78, 5) is 27.4. The lowest BCUT2D eigenvalue weighted by molar-refractivity contribution is -0.114. The largest absolute Gasteiger partial charge is 0.396 e. The van der Waals surface area contributed by atoms with Crippen LogP contribution in [0, 0.1) is 0 Å². The Morgan fingerprint density at radius 2 is 2.15 bits per heavy atom. The van der Waals surface area contributed by atoms with Crippen molar-refractivity contribution in [1.29, 1.82) is 0 Å². The Balaban J connectivity index is 2.37. The van der Waals surface area contributed by atoms with Crippen molar-refractivity contribution >= 4 is 17.5 Å². The molecule has 0 radical (unpaired) electrons. The first kappa shape index (κ1) is 15.3. The van der Waals surface area contributed by atoms with E-state index in [9.17, 15) is 9.59 Å². The lowest BCUT2D eigenvalue weighted by Crippen LogP contribution is -2.30. The molecule has 0 fully saturated rings. The Hall–Kier alpha value is -1.14. The lowest BCUT2D eigenvalue weighted by Gasteiger charge is -2.22. The van der Waals surface area contributed by atoms with Gasteiger partial charge in [0.15, 0.2) is 0 Å². The second-order valence-electron chi connectivity index (χ2n) is 5.05. The van der Waals surface area contributed by atoms with Crippen LogP contribution in [0.2, 0.25) is 0 Å². The van der Waals surface area contributed by atoms with Crippen LogP contribution in [0.5, 0.6) is 0 Å². The van der Waals surface area contributed by atoms with E-state index >= 15 is 0 Å². The van der Waals surface area contributed by atoms with E-state index in [1.807, 2.05) is 0 Å². The zero-order valence-electron chi connectivity index (χ0n) is 11.7. The van der Waals surface area contributed by atoms with Gasteiger partial charge in [0.05, 0.1) is 5.75 Å². The summed E-state index contributed by atoms with van der Waals surface area (Å²) in [6.45, 7) is 2.13. The third-order valence-electron chi connectivity index (χ3n) is 3.40. The van der Waals surface area contributed by atoms with Crippen LogP contribution in [0.3, 0.4) is 0 Å². The fourth-order valence-electron chi connectivity index (χ4n) is 2.50. The van der Waals surface area contributed by atoms with Crippen molar-refractivity contribution in [2.75, 3.05) is 12.4 Å². The Labute approximate surface area is 122 Å². The molecule has 6 heteroatoms. The number of aliphatic hydroxyl groups excluding tert-OH is 1. The van der Waals surface area contributed by atoms with Gasteiger partial charge in [0, 0.05) is 24.4 Å². The Kier molecular flexibility index (Phi) is 5.37. The van der Waals surface area contributed by atoms with Gasteiger partial charge < -0.3 is 5.11 Å². The molecule has 1 aromatic rings. The van der Waals surface area contributed by atoms with E-state index in [4.69, 9.17) is 5.11 Å². The van der Waals surface area contributed by atoms with E-state index in [-0.39, 0.29) is 18.1 Å². The van der Waals surface area contributed by atoms with Crippen LogP contribution in [0.15, 0.2) is 9.82 Å². The highest BCUT2D eigenvalue weighted by Gasteiger charge is 2.20. The zero-order valence-corrected chi connectivity index (χ0v) is 12.5. The lowest BCUT2D eigenvalue weighted by atomic mass is 9.97. The number of thioether (sulfide) groups is 1. The highest BCUT2D eigenvalue weighted by Crippen LogP contribution is 2.28. The zero-order chi connectivity index (χ0) is 14.5. The first-order chi connectivity index (χ1) is 9.63. The molecule has 0 unspecified atom stereocenters. The number of Topliss-reactive ketones (excluding diaryl/α,β-unsaturated/α-hetero) is 1. The molecule has 0 saturated heterocycles. The van der Waals surface area contributed by atoms with Crippen molar-refractivity contribution in [3.8, 4) is 0 Å². The van der Waals surface area contributed by atoms with Crippen molar-refractivity contribution in [3.05, 3.63) is 21.7 Å². The van der Waals surface area contributed by atoms with Gasteiger partial charge in [0.2, 0.25) is 0 Å². The predicted octanol–water partition coefficient (Wildman–Crippen LogP) is 1.19. The molecule has 2 rings (SSSR count). The molecule has 0 saturated carbocycles. The van der Waals surface area contributed by atoms with Crippen LogP contribution in [-0.4, -0.2) is 32.8 Å². The molecule has 110 valence electrons. The molecular formula is C14H20N2O3S. The average Bonchev–Trinajstić information content (AvgIpc) is 2.44. The molecule has 5 nitrogen and oxygen atoms in total. The average molecular weight is 296 g/mol. The minimum absolute atomic E-state index is 0.0715. The second-order valence-corrected chi connectivity index (χ2v) is 6.02. The van der Waals surface area contributed by atoms with Crippen LogP contribution in [0.1, 0.15) is 37.4 Å². The Bertz CT molecular complexity index is 554. The van der Waals surface area contributed by atoms with Gasteiger partial charge in [-0.1, -0.05) is 11.8 Å². The van der Waals surface area contributed by atoms with Crippen molar-refractivity contribution in [2.24, 2.45) is 0 Å². The van der Waals surface area contributed by atoms with Gasteiger partial charge in [0.1, 0.15) is 10.8 Å². The van der Waals surface area contributed by atoms with Gasteiger partial charge >= 0.3 is 5.69 Å². The molecule has 0 amide bonds. The maximum Gasteiger partial charge on any atom is 0.348 e. The van der Waals surface area contributed by atoms with Gasteiger partial charge in [-0.05, 0) is 39.0 Å². The standard InChI is InChI=1S/C14H20N2O3S/c1-10(18)9-20-13-11-5-2-3-6-12(11)16(7-4-8-17)14(19)15-13/h17H,2-9H2,1H3. The van der Waals surface area contributed by atoms with E-state index in [0.717, 1.165) is 42.0 Å². The number of ketones is 1. The van der Waals surface area contributed by atoms with Gasteiger partial charge in [-0.25, -0.2) is 4.79 Å². The normalized spacial score (nSPS) is 14.1. The molecule has 0 spiro atoms. The number of rotatable bonds is 6. The summed E-state index contributed by atoms with van der Waals surface area (Å²) in [5.41, 5.74) is 1.92. The number of fused-ring (bicyclic) bond motifs is 1. The summed E-state index contributed by atoms with van der Waals surface area (Å²) < 4.78 is 1.70. The van der Waals surface area contributed by atoms with E-state index < -0.39 is 0 Å². The first-order valence-electron chi connectivity index (χ1n) is 6.99. The molecule has 0 atom stereocenters. The fourth-order valence-corrected chi connectivity index (χ4v) is 3.37. The van der Waals surface area contributed by atoms with Crippen molar-refractivity contribution in [2.45, 2.75) is 50.6 Å². The monoisotopic (exact) mass is 296 g/mol. The summed E-state index contributed by atoms with van der Waals surface area (Å²) in [6, 6.07) is 0. The number of carbonyl (C=O) groups excluding carboxylic acids is 1. The number of hydrogen-bond donors (Lipinski definition) is 1. The Morgan fingerprint density at radius 1 is 1.40 bits per heavy atom. The summed E-state index contributed by atoms with van der Waals surface area (Å²) in [7, 11) is 0. The van der Waals surface area contributed by atoms with E-state index in [0.29, 0.717) is 18.7 Å². The molecule has 0 aliphatic heterocycles. The highest BCUT2D eigenvalue weighted by atomic mass is 32.2. The maximum atomic E-state index is 12.1. The van der Waals surface area contributed by atoms with Crippen LogP contribution >= 0.6 is 11.8 Å². The molecule has 1 aromatic heterocycles. The van der Waals surface area contributed by atoms with Crippen molar-refractivity contribution in [1.82, 2.24) is 9.55 Å². The second kappa shape index (κ2) is 7.04. The molecule has 0 bridgehead atoms. The van der Waals surface area contributed by atoms with Crippen molar-refractivity contribution in [3.63, 3.8) is 0 Å². The van der Waals surface area contributed by atoms with Crippen molar-refractivity contribution < 1.29 is 9.90 Å². The molecule has 20 heavy (non-hydrogen) atoms. The predicted molar refractivity (Wildman–Crippen MR) is 78.2 cm³/mol. The first-order valence-corrected chi connectivity index (χ1v) is 7.97. The quantitative estimate of drug-likeness (QED) is 0.630. The molecule has 1 heterocycles. The third kappa shape index (κ3) is 3.49. The van der Waals surface area contributed by atoms with Crippen LogP contribution in [0.25, 0.3) is 0 Å². The van der Waals surface area contributed by atoms with E-state index in [2.05, 4.69) is 4.98 Å².